The molecule has 1 atom stereocenters. The van der Waals surface area contributed by atoms with Crippen LogP contribution >= 0.6 is 0 Å². The van der Waals surface area contributed by atoms with Gasteiger partial charge in [0.2, 0.25) is 0 Å². The SMILES string of the molecule is CN(C)C(CN)CCOc1ccc(F)cc1F. The van der Waals surface area contributed by atoms with Gasteiger partial charge in [-0.1, -0.05) is 0 Å². The number of likely N-dealkylation sites (N-methyl/N-ethyl adjacent to an activating group) is 1. The Labute approximate surface area is 100 Å². The van der Waals surface area contributed by atoms with Crippen LogP contribution in [0.25, 0.3) is 0 Å². The van der Waals surface area contributed by atoms with E-state index in [-0.39, 0.29) is 11.8 Å². The van der Waals surface area contributed by atoms with Gasteiger partial charge in [0.1, 0.15) is 5.82 Å². The van der Waals surface area contributed by atoms with E-state index in [0.29, 0.717) is 19.6 Å². The normalized spacial score (nSPS) is 12.8. The molecule has 3 nitrogen and oxygen atoms in total. The molecule has 0 spiro atoms. The first-order valence-electron chi connectivity index (χ1n) is 5.49. The van der Waals surface area contributed by atoms with Crippen LogP contribution in [0.4, 0.5) is 8.78 Å². The Morgan fingerprint density at radius 2 is 2.06 bits per heavy atom. The summed E-state index contributed by atoms with van der Waals surface area (Å²) in [5, 5.41) is 0. The molecule has 1 aromatic carbocycles. The predicted octanol–water partition coefficient (Wildman–Crippen LogP) is 1.62. The van der Waals surface area contributed by atoms with Crippen molar-refractivity contribution in [2.24, 2.45) is 5.73 Å². The summed E-state index contributed by atoms with van der Waals surface area (Å²) in [5.74, 6) is -1.22. The summed E-state index contributed by atoms with van der Waals surface area (Å²) >= 11 is 0. The molecule has 0 aliphatic heterocycles. The van der Waals surface area contributed by atoms with Crippen molar-refractivity contribution >= 4 is 0 Å². The molecule has 2 N–H and O–H groups in total. The van der Waals surface area contributed by atoms with Crippen LogP contribution in [-0.4, -0.2) is 38.2 Å². The number of nitrogens with zero attached hydrogens (tertiary/aromatic N) is 1. The van der Waals surface area contributed by atoms with Gasteiger partial charge >= 0.3 is 0 Å². The molecular weight excluding hydrogens is 226 g/mol. The van der Waals surface area contributed by atoms with Gasteiger partial charge in [0.15, 0.2) is 11.6 Å². The van der Waals surface area contributed by atoms with E-state index in [2.05, 4.69) is 0 Å². The largest absolute Gasteiger partial charge is 0.490 e. The number of rotatable bonds is 6. The fourth-order valence-electron chi connectivity index (χ4n) is 1.48. The molecule has 0 amide bonds. The zero-order chi connectivity index (χ0) is 12.8. The molecule has 17 heavy (non-hydrogen) atoms. The van der Waals surface area contributed by atoms with Crippen molar-refractivity contribution in [3.05, 3.63) is 29.8 Å². The second kappa shape index (κ2) is 6.51. The number of halogens is 2. The maximum Gasteiger partial charge on any atom is 0.167 e. The molecule has 0 aliphatic rings. The first-order valence-corrected chi connectivity index (χ1v) is 5.49. The van der Waals surface area contributed by atoms with E-state index in [1.807, 2.05) is 19.0 Å². The molecule has 0 radical (unpaired) electrons. The highest BCUT2D eigenvalue weighted by atomic mass is 19.1. The first kappa shape index (κ1) is 13.9. The third-order valence-electron chi connectivity index (χ3n) is 2.60. The van der Waals surface area contributed by atoms with Crippen LogP contribution in [0.5, 0.6) is 5.75 Å². The molecule has 0 bridgehead atoms. The fourth-order valence-corrected chi connectivity index (χ4v) is 1.48. The van der Waals surface area contributed by atoms with Crippen LogP contribution < -0.4 is 10.5 Å². The van der Waals surface area contributed by atoms with Gasteiger partial charge in [0.05, 0.1) is 6.61 Å². The number of ether oxygens (including phenoxy) is 1. The zero-order valence-electron chi connectivity index (χ0n) is 10.1. The van der Waals surface area contributed by atoms with Gasteiger partial charge in [-0.3, -0.25) is 0 Å². The standard InChI is InChI=1S/C12H18F2N2O/c1-16(2)10(8-15)5-6-17-12-4-3-9(13)7-11(12)14/h3-4,7,10H,5-6,8,15H2,1-2H3. The lowest BCUT2D eigenvalue weighted by molar-refractivity contribution is 0.220. The third-order valence-corrected chi connectivity index (χ3v) is 2.60. The lowest BCUT2D eigenvalue weighted by Crippen LogP contribution is -2.36. The number of hydrogen-bond donors (Lipinski definition) is 1. The summed E-state index contributed by atoms with van der Waals surface area (Å²) in [4.78, 5) is 1.99. The lowest BCUT2D eigenvalue weighted by atomic mass is 10.2. The summed E-state index contributed by atoms with van der Waals surface area (Å²) in [6.07, 6.45) is 0.695. The van der Waals surface area contributed by atoms with Crippen molar-refractivity contribution < 1.29 is 13.5 Å². The molecule has 1 rings (SSSR count). The summed E-state index contributed by atoms with van der Waals surface area (Å²) < 4.78 is 31.1. The van der Waals surface area contributed by atoms with E-state index < -0.39 is 11.6 Å². The quantitative estimate of drug-likeness (QED) is 0.826. The van der Waals surface area contributed by atoms with Crippen LogP contribution in [0.1, 0.15) is 6.42 Å². The second-order valence-electron chi connectivity index (χ2n) is 4.07. The van der Waals surface area contributed by atoms with Crippen LogP contribution in [-0.2, 0) is 0 Å². The summed E-state index contributed by atoms with van der Waals surface area (Å²) in [7, 11) is 3.85. The van der Waals surface area contributed by atoms with Crippen LogP contribution in [0.3, 0.4) is 0 Å². The van der Waals surface area contributed by atoms with E-state index in [1.165, 1.54) is 12.1 Å². The maximum absolute atomic E-state index is 13.2. The van der Waals surface area contributed by atoms with Crippen molar-refractivity contribution in [2.75, 3.05) is 27.2 Å². The molecule has 1 aromatic rings. The number of benzene rings is 1. The monoisotopic (exact) mass is 244 g/mol. The van der Waals surface area contributed by atoms with Gasteiger partial charge in [-0.05, 0) is 32.6 Å². The Balaban J connectivity index is 2.45. The minimum atomic E-state index is -0.681. The van der Waals surface area contributed by atoms with Gasteiger partial charge < -0.3 is 15.4 Å². The molecule has 0 aliphatic carbocycles. The van der Waals surface area contributed by atoms with E-state index >= 15 is 0 Å². The van der Waals surface area contributed by atoms with Crippen LogP contribution in [0.2, 0.25) is 0 Å². The Morgan fingerprint density at radius 3 is 2.59 bits per heavy atom. The molecule has 96 valence electrons. The van der Waals surface area contributed by atoms with Gasteiger partial charge in [-0.2, -0.15) is 0 Å². The summed E-state index contributed by atoms with van der Waals surface area (Å²) in [6, 6.07) is 3.46. The van der Waals surface area contributed by atoms with Crippen LogP contribution in [0.15, 0.2) is 18.2 Å². The summed E-state index contributed by atoms with van der Waals surface area (Å²) in [6.45, 7) is 0.866. The highest BCUT2D eigenvalue weighted by Gasteiger charge is 2.10. The average molecular weight is 244 g/mol. The van der Waals surface area contributed by atoms with Crippen molar-refractivity contribution in [1.29, 1.82) is 0 Å². The van der Waals surface area contributed by atoms with Gasteiger partial charge in [0, 0.05) is 18.7 Å². The first-order chi connectivity index (χ1) is 8.04. The molecule has 0 saturated heterocycles. The Hall–Kier alpha value is -1.20. The Bertz CT molecular complexity index is 358. The number of nitrogens with two attached hydrogens (primary N) is 1. The van der Waals surface area contributed by atoms with Crippen LogP contribution in [0, 0.1) is 11.6 Å². The predicted molar refractivity (Wildman–Crippen MR) is 63.0 cm³/mol. The Morgan fingerprint density at radius 1 is 1.35 bits per heavy atom. The summed E-state index contributed by atoms with van der Waals surface area (Å²) in [5.41, 5.74) is 5.58. The molecule has 0 saturated carbocycles. The molecule has 5 heteroatoms. The molecule has 1 unspecified atom stereocenters. The Kier molecular flexibility index (Phi) is 5.31. The van der Waals surface area contributed by atoms with E-state index in [0.717, 1.165) is 6.07 Å². The van der Waals surface area contributed by atoms with Gasteiger partial charge in [-0.25, -0.2) is 8.78 Å². The van der Waals surface area contributed by atoms with E-state index in [1.54, 1.807) is 0 Å². The van der Waals surface area contributed by atoms with Crippen molar-refractivity contribution in [1.82, 2.24) is 4.90 Å². The molecule has 0 fully saturated rings. The topological polar surface area (TPSA) is 38.5 Å². The smallest absolute Gasteiger partial charge is 0.167 e. The maximum atomic E-state index is 13.2. The van der Waals surface area contributed by atoms with Gasteiger partial charge in [-0.15, -0.1) is 0 Å². The third kappa shape index (κ3) is 4.28. The average Bonchev–Trinajstić information content (AvgIpc) is 2.26. The highest BCUT2D eigenvalue weighted by molar-refractivity contribution is 5.24. The van der Waals surface area contributed by atoms with E-state index in [4.69, 9.17) is 10.5 Å². The van der Waals surface area contributed by atoms with E-state index in [9.17, 15) is 8.78 Å². The van der Waals surface area contributed by atoms with Gasteiger partial charge in [0.25, 0.3) is 0 Å². The van der Waals surface area contributed by atoms with Crippen molar-refractivity contribution in [2.45, 2.75) is 12.5 Å². The van der Waals surface area contributed by atoms with Crippen molar-refractivity contribution in [3.63, 3.8) is 0 Å². The zero-order valence-corrected chi connectivity index (χ0v) is 10.1. The molecule has 0 aromatic heterocycles. The highest BCUT2D eigenvalue weighted by Crippen LogP contribution is 2.17. The minimum Gasteiger partial charge on any atom is -0.490 e. The molecular formula is C12H18F2N2O. The minimum absolute atomic E-state index is 0.0703. The lowest BCUT2D eigenvalue weighted by Gasteiger charge is -2.22. The van der Waals surface area contributed by atoms with Crippen molar-refractivity contribution in [3.8, 4) is 5.75 Å². The fraction of sp³-hybridized carbons (Fsp3) is 0.500. The number of hydrogen-bond acceptors (Lipinski definition) is 3. The second-order valence-corrected chi connectivity index (χ2v) is 4.07. The molecule has 0 heterocycles.